The predicted octanol–water partition coefficient (Wildman–Crippen LogP) is 4.77. The number of hydrogen-bond acceptors (Lipinski definition) is 3. The third-order valence-corrected chi connectivity index (χ3v) is 9.26. The van der Waals surface area contributed by atoms with E-state index >= 15 is 0 Å². The van der Waals surface area contributed by atoms with Crippen molar-refractivity contribution in [3.05, 3.63) is 11.6 Å². The standard InChI is InChI=1S/C22H32O3S/c1-21-10-9-17-15(16(21)7-4-13(21)5-8-20(24)25)6-3-14-11-18(23)19(26)12-22(14,17)2/h11,13,15-18,23H,3-10,12H2,1-2H3,(H,24,25)/t13-,15-,16-,17-,18?,21+,22-/m0/s1. The number of aliphatic hydroxyl groups excluding tert-OH is 1. The van der Waals surface area contributed by atoms with Crippen LogP contribution in [0.15, 0.2) is 11.6 Å². The minimum Gasteiger partial charge on any atom is -0.481 e. The summed E-state index contributed by atoms with van der Waals surface area (Å²) in [7, 11) is 0. The number of allylic oxidation sites excluding steroid dienone is 1. The second-order valence-corrected chi connectivity index (χ2v) is 10.4. The molecule has 0 amide bonds. The largest absolute Gasteiger partial charge is 0.481 e. The van der Waals surface area contributed by atoms with E-state index in [1.807, 2.05) is 0 Å². The van der Waals surface area contributed by atoms with Gasteiger partial charge in [0.2, 0.25) is 0 Å². The van der Waals surface area contributed by atoms with Crippen LogP contribution in [0.1, 0.15) is 71.6 Å². The Morgan fingerprint density at radius 3 is 2.73 bits per heavy atom. The average Bonchev–Trinajstić information content (AvgIpc) is 2.91. The molecule has 3 nitrogen and oxygen atoms in total. The first kappa shape index (κ1) is 18.6. The maximum Gasteiger partial charge on any atom is 0.303 e. The van der Waals surface area contributed by atoms with Crippen LogP contribution in [0, 0.1) is 34.5 Å². The zero-order chi connectivity index (χ0) is 18.7. The van der Waals surface area contributed by atoms with Crippen molar-refractivity contribution in [3.63, 3.8) is 0 Å². The van der Waals surface area contributed by atoms with Crippen molar-refractivity contribution >= 4 is 23.1 Å². The van der Waals surface area contributed by atoms with Crippen LogP contribution >= 0.6 is 12.2 Å². The Bertz CT molecular complexity index is 656. The predicted molar refractivity (Wildman–Crippen MR) is 106 cm³/mol. The summed E-state index contributed by atoms with van der Waals surface area (Å²) < 4.78 is 0. The van der Waals surface area contributed by atoms with Gasteiger partial charge in [-0.3, -0.25) is 4.79 Å². The summed E-state index contributed by atoms with van der Waals surface area (Å²) in [5.41, 5.74) is 1.91. The number of carboxylic acid groups (broad SMARTS) is 1. The molecule has 0 aliphatic heterocycles. The van der Waals surface area contributed by atoms with Gasteiger partial charge in [0.1, 0.15) is 6.10 Å². The van der Waals surface area contributed by atoms with E-state index in [2.05, 4.69) is 19.9 Å². The fraction of sp³-hybridized carbons (Fsp3) is 0.818. The molecule has 0 heterocycles. The van der Waals surface area contributed by atoms with Gasteiger partial charge in [-0.25, -0.2) is 0 Å². The van der Waals surface area contributed by atoms with Gasteiger partial charge in [-0.2, -0.15) is 0 Å². The molecule has 26 heavy (non-hydrogen) atoms. The Balaban J connectivity index is 1.58. The maximum atomic E-state index is 11.1. The van der Waals surface area contributed by atoms with Crippen LogP contribution in [-0.2, 0) is 4.79 Å². The van der Waals surface area contributed by atoms with Gasteiger partial charge in [0.25, 0.3) is 0 Å². The van der Waals surface area contributed by atoms with Gasteiger partial charge >= 0.3 is 5.97 Å². The number of fused-ring (bicyclic) bond motifs is 5. The third kappa shape index (κ3) is 2.71. The molecule has 0 radical (unpaired) electrons. The van der Waals surface area contributed by atoms with Crippen molar-refractivity contribution in [2.45, 2.75) is 77.7 Å². The monoisotopic (exact) mass is 376 g/mol. The molecule has 0 aromatic heterocycles. The lowest BCUT2D eigenvalue weighted by Crippen LogP contribution is -2.51. The number of carboxylic acids is 1. The van der Waals surface area contributed by atoms with Crippen molar-refractivity contribution in [2.24, 2.45) is 34.5 Å². The number of thiocarbonyl (C=S) groups is 1. The lowest BCUT2D eigenvalue weighted by molar-refractivity contribution is -0.137. The van der Waals surface area contributed by atoms with Crippen LogP contribution in [0.4, 0.5) is 0 Å². The molecule has 0 saturated heterocycles. The molecular weight excluding hydrogens is 344 g/mol. The highest BCUT2D eigenvalue weighted by atomic mass is 32.1. The van der Waals surface area contributed by atoms with Crippen LogP contribution in [0.25, 0.3) is 0 Å². The number of aliphatic hydroxyl groups is 1. The number of hydrogen-bond donors (Lipinski definition) is 2. The van der Waals surface area contributed by atoms with Crippen LogP contribution in [0.2, 0.25) is 0 Å². The summed E-state index contributed by atoms with van der Waals surface area (Å²) in [6, 6.07) is 0. The first-order chi connectivity index (χ1) is 12.3. The molecule has 3 fully saturated rings. The van der Waals surface area contributed by atoms with Crippen molar-refractivity contribution in [1.82, 2.24) is 0 Å². The minimum absolute atomic E-state index is 0.139. The zero-order valence-electron chi connectivity index (χ0n) is 16.0. The summed E-state index contributed by atoms with van der Waals surface area (Å²) in [6.45, 7) is 4.85. The summed E-state index contributed by atoms with van der Waals surface area (Å²) in [5.74, 6) is 2.07. The first-order valence-electron chi connectivity index (χ1n) is 10.4. The van der Waals surface area contributed by atoms with Gasteiger partial charge in [-0.1, -0.05) is 37.7 Å². The van der Waals surface area contributed by atoms with Gasteiger partial charge < -0.3 is 10.2 Å². The fourth-order valence-corrected chi connectivity index (χ4v) is 7.84. The Kier molecular flexibility index (Phi) is 4.59. The van der Waals surface area contributed by atoms with E-state index < -0.39 is 12.1 Å². The molecular formula is C22H32O3S. The molecule has 0 aromatic rings. The smallest absolute Gasteiger partial charge is 0.303 e. The summed E-state index contributed by atoms with van der Waals surface area (Å²) in [4.78, 5) is 11.9. The molecule has 4 aliphatic carbocycles. The lowest BCUT2D eigenvalue weighted by Gasteiger charge is -2.58. The zero-order valence-corrected chi connectivity index (χ0v) is 16.9. The molecule has 4 heteroatoms. The van der Waals surface area contributed by atoms with Gasteiger partial charge in [0.05, 0.1) is 0 Å². The average molecular weight is 377 g/mol. The Morgan fingerprint density at radius 1 is 1.23 bits per heavy atom. The van der Waals surface area contributed by atoms with Crippen LogP contribution in [0.5, 0.6) is 0 Å². The first-order valence-corrected chi connectivity index (χ1v) is 10.8. The molecule has 0 spiro atoms. The topological polar surface area (TPSA) is 57.5 Å². The Labute approximate surface area is 162 Å². The van der Waals surface area contributed by atoms with E-state index in [4.69, 9.17) is 17.3 Å². The molecule has 4 aliphatic rings. The third-order valence-electron chi connectivity index (χ3n) is 8.87. The lowest BCUT2D eigenvalue weighted by atomic mass is 9.46. The van der Waals surface area contributed by atoms with E-state index in [1.54, 1.807) is 0 Å². The van der Waals surface area contributed by atoms with E-state index in [9.17, 15) is 9.90 Å². The molecule has 0 aromatic carbocycles. The SMILES string of the molecule is C[C@]12CC[C@H]3[C@@H](CCC4=CC(O)C(=S)C[C@@]43C)[C@@H]1CC[C@H]2CCC(=O)O. The van der Waals surface area contributed by atoms with Gasteiger partial charge in [0, 0.05) is 11.3 Å². The van der Waals surface area contributed by atoms with Gasteiger partial charge in [0.15, 0.2) is 0 Å². The van der Waals surface area contributed by atoms with Gasteiger partial charge in [-0.15, -0.1) is 0 Å². The van der Waals surface area contributed by atoms with Crippen LogP contribution in [-0.4, -0.2) is 27.2 Å². The maximum absolute atomic E-state index is 11.1. The molecule has 144 valence electrons. The number of rotatable bonds is 3. The van der Waals surface area contributed by atoms with Crippen molar-refractivity contribution in [1.29, 1.82) is 0 Å². The van der Waals surface area contributed by atoms with E-state index in [0.29, 0.717) is 23.7 Å². The number of carbonyl (C=O) groups is 1. The molecule has 2 N–H and O–H groups in total. The minimum atomic E-state index is -0.653. The quantitative estimate of drug-likeness (QED) is 0.550. The fourth-order valence-electron chi connectivity index (χ4n) is 7.48. The Hall–Kier alpha value is -0.740. The summed E-state index contributed by atoms with van der Waals surface area (Å²) in [6.07, 6.45) is 10.8. The number of aliphatic carboxylic acids is 1. The second-order valence-electron chi connectivity index (χ2n) is 9.86. The highest BCUT2D eigenvalue weighted by Crippen LogP contribution is 2.67. The molecule has 0 bridgehead atoms. The van der Waals surface area contributed by atoms with Crippen molar-refractivity contribution in [2.75, 3.05) is 0 Å². The van der Waals surface area contributed by atoms with E-state index in [-0.39, 0.29) is 5.41 Å². The van der Waals surface area contributed by atoms with E-state index in [0.717, 1.165) is 36.0 Å². The van der Waals surface area contributed by atoms with E-state index in [1.165, 1.54) is 37.7 Å². The molecule has 4 rings (SSSR count). The normalized spacial score (nSPS) is 47.6. The highest BCUT2D eigenvalue weighted by Gasteiger charge is 2.59. The molecule has 7 atom stereocenters. The van der Waals surface area contributed by atoms with Crippen molar-refractivity contribution in [3.8, 4) is 0 Å². The summed E-state index contributed by atoms with van der Waals surface area (Å²) in [5, 5.41) is 19.3. The molecule has 1 unspecified atom stereocenters. The van der Waals surface area contributed by atoms with Crippen molar-refractivity contribution < 1.29 is 15.0 Å². The highest BCUT2D eigenvalue weighted by molar-refractivity contribution is 7.80. The summed E-state index contributed by atoms with van der Waals surface area (Å²) >= 11 is 5.50. The second kappa shape index (κ2) is 6.41. The van der Waals surface area contributed by atoms with Gasteiger partial charge in [-0.05, 0) is 85.9 Å². The van der Waals surface area contributed by atoms with Crippen LogP contribution in [0.3, 0.4) is 0 Å². The van der Waals surface area contributed by atoms with Crippen LogP contribution < -0.4 is 0 Å². The Morgan fingerprint density at radius 2 is 2.00 bits per heavy atom. The molecule has 3 saturated carbocycles.